The van der Waals surface area contributed by atoms with Crippen LogP contribution in [0.2, 0.25) is 0 Å². The molecule has 1 aliphatic rings. The van der Waals surface area contributed by atoms with Crippen molar-refractivity contribution in [1.82, 2.24) is 4.90 Å². The summed E-state index contributed by atoms with van der Waals surface area (Å²) in [5.41, 5.74) is -0.436. The van der Waals surface area contributed by atoms with Crippen molar-refractivity contribution in [1.29, 1.82) is 0 Å². The molecular weight excluding hydrogens is 368 g/mol. The van der Waals surface area contributed by atoms with Gasteiger partial charge in [0.2, 0.25) is 5.75 Å². The standard InChI is InChI=1S/C15H14N2O8S/c1-3-25-12(18)7-16-14(20)11(26-15(16)21)6-8-4-9(17(22)23)13(19)10(5-8)24-2/h4-6,19H,3,7H2,1-2H3/b11-6-. The molecule has 26 heavy (non-hydrogen) atoms. The Bertz CT molecular complexity index is 820. The molecule has 0 unspecified atom stereocenters. The topological polar surface area (TPSA) is 136 Å². The van der Waals surface area contributed by atoms with Crippen LogP contribution in [0.5, 0.6) is 11.5 Å². The van der Waals surface area contributed by atoms with E-state index in [0.29, 0.717) is 11.8 Å². The molecule has 1 fully saturated rings. The maximum atomic E-state index is 12.3. The number of phenols is 1. The van der Waals surface area contributed by atoms with E-state index in [1.807, 2.05) is 0 Å². The average molecular weight is 382 g/mol. The van der Waals surface area contributed by atoms with Gasteiger partial charge in [-0.25, -0.2) is 0 Å². The summed E-state index contributed by atoms with van der Waals surface area (Å²) >= 11 is 0.586. The first-order chi connectivity index (χ1) is 12.3. The largest absolute Gasteiger partial charge is 0.500 e. The molecule has 1 aromatic carbocycles. The fourth-order valence-corrected chi connectivity index (χ4v) is 2.95. The number of nitro groups is 1. The molecule has 138 valence electrons. The van der Waals surface area contributed by atoms with Gasteiger partial charge in [-0.15, -0.1) is 0 Å². The van der Waals surface area contributed by atoms with Crippen LogP contribution in [0.25, 0.3) is 6.08 Å². The van der Waals surface area contributed by atoms with E-state index in [2.05, 4.69) is 0 Å². The zero-order chi connectivity index (χ0) is 19.4. The fourth-order valence-electron chi connectivity index (χ4n) is 2.12. The van der Waals surface area contributed by atoms with Gasteiger partial charge in [0.15, 0.2) is 5.75 Å². The van der Waals surface area contributed by atoms with Crippen LogP contribution in [0, 0.1) is 10.1 Å². The van der Waals surface area contributed by atoms with E-state index < -0.39 is 40.0 Å². The molecule has 1 N–H and O–H groups in total. The number of hydrogen-bond acceptors (Lipinski definition) is 9. The summed E-state index contributed by atoms with van der Waals surface area (Å²) in [6, 6.07) is 2.32. The fraction of sp³-hybridized carbons (Fsp3) is 0.267. The van der Waals surface area contributed by atoms with Gasteiger partial charge in [-0.3, -0.25) is 29.4 Å². The lowest BCUT2D eigenvalue weighted by atomic mass is 10.1. The molecule has 0 bridgehead atoms. The van der Waals surface area contributed by atoms with Crippen molar-refractivity contribution in [3.05, 3.63) is 32.7 Å². The number of esters is 1. The lowest BCUT2D eigenvalue weighted by Gasteiger charge is -2.10. The van der Waals surface area contributed by atoms with E-state index in [9.17, 15) is 29.6 Å². The lowest BCUT2D eigenvalue weighted by molar-refractivity contribution is -0.386. The van der Waals surface area contributed by atoms with Crippen molar-refractivity contribution >= 4 is 40.6 Å². The van der Waals surface area contributed by atoms with Gasteiger partial charge in [-0.05, 0) is 36.4 Å². The summed E-state index contributed by atoms with van der Waals surface area (Å²) in [5.74, 6) is -2.25. The summed E-state index contributed by atoms with van der Waals surface area (Å²) in [7, 11) is 1.22. The molecule has 0 saturated carbocycles. The highest BCUT2D eigenvalue weighted by atomic mass is 32.2. The molecule has 1 aliphatic heterocycles. The van der Waals surface area contributed by atoms with E-state index in [1.165, 1.54) is 19.3 Å². The highest BCUT2D eigenvalue weighted by Gasteiger charge is 2.36. The van der Waals surface area contributed by atoms with Crippen LogP contribution in [0.3, 0.4) is 0 Å². The van der Waals surface area contributed by atoms with Crippen molar-refractivity contribution in [3.8, 4) is 11.5 Å². The van der Waals surface area contributed by atoms with Crippen LogP contribution in [0.1, 0.15) is 12.5 Å². The Balaban J connectivity index is 2.34. The van der Waals surface area contributed by atoms with Crippen LogP contribution in [-0.4, -0.2) is 52.3 Å². The second kappa shape index (κ2) is 7.87. The first kappa shape index (κ1) is 19.2. The van der Waals surface area contributed by atoms with Crippen molar-refractivity contribution in [2.24, 2.45) is 0 Å². The van der Waals surface area contributed by atoms with Gasteiger partial charge in [0, 0.05) is 6.07 Å². The molecule has 2 amide bonds. The van der Waals surface area contributed by atoms with Crippen LogP contribution in [0.4, 0.5) is 10.5 Å². The van der Waals surface area contributed by atoms with Gasteiger partial charge in [0.1, 0.15) is 6.54 Å². The quantitative estimate of drug-likeness (QED) is 0.338. The summed E-state index contributed by atoms with van der Waals surface area (Å²) in [5, 5.41) is 20.1. The highest BCUT2D eigenvalue weighted by molar-refractivity contribution is 8.18. The zero-order valence-electron chi connectivity index (χ0n) is 13.8. The number of amides is 2. The minimum atomic E-state index is -0.804. The SMILES string of the molecule is CCOC(=O)CN1C(=O)S/C(=C\c2cc(OC)c(O)c([N+](=O)[O-])c2)C1=O. The summed E-state index contributed by atoms with van der Waals surface area (Å²) < 4.78 is 9.58. The second-order valence-corrected chi connectivity index (χ2v) is 5.91. The summed E-state index contributed by atoms with van der Waals surface area (Å²) in [4.78, 5) is 46.6. The van der Waals surface area contributed by atoms with Gasteiger partial charge in [-0.1, -0.05) is 0 Å². The maximum absolute atomic E-state index is 12.3. The number of ether oxygens (including phenoxy) is 2. The number of imide groups is 1. The first-order valence-corrected chi connectivity index (χ1v) is 8.06. The third-order valence-electron chi connectivity index (χ3n) is 3.26. The van der Waals surface area contributed by atoms with Crippen molar-refractivity contribution in [2.75, 3.05) is 20.3 Å². The molecule has 11 heteroatoms. The van der Waals surface area contributed by atoms with Gasteiger partial charge < -0.3 is 14.6 Å². The third kappa shape index (κ3) is 3.94. The highest BCUT2D eigenvalue weighted by Crippen LogP contribution is 2.39. The smallest absolute Gasteiger partial charge is 0.326 e. The van der Waals surface area contributed by atoms with E-state index in [4.69, 9.17) is 9.47 Å². The predicted octanol–water partition coefficient (Wildman–Crippen LogP) is 1.91. The molecule has 0 spiro atoms. The Hall–Kier alpha value is -3.08. The van der Waals surface area contributed by atoms with Crippen molar-refractivity contribution in [3.63, 3.8) is 0 Å². The minimum Gasteiger partial charge on any atom is -0.500 e. The number of rotatable bonds is 6. The van der Waals surface area contributed by atoms with E-state index in [0.717, 1.165) is 11.0 Å². The van der Waals surface area contributed by atoms with Gasteiger partial charge in [-0.2, -0.15) is 0 Å². The Morgan fingerprint density at radius 2 is 2.12 bits per heavy atom. The van der Waals surface area contributed by atoms with E-state index >= 15 is 0 Å². The van der Waals surface area contributed by atoms with Gasteiger partial charge in [0.05, 0.1) is 23.5 Å². The number of benzene rings is 1. The zero-order valence-corrected chi connectivity index (χ0v) is 14.6. The lowest BCUT2D eigenvalue weighted by Crippen LogP contribution is -2.34. The molecule has 1 saturated heterocycles. The maximum Gasteiger partial charge on any atom is 0.326 e. The number of hydrogen-bond donors (Lipinski definition) is 1. The Labute approximate surface area is 151 Å². The molecule has 10 nitrogen and oxygen atoms in total. The monoisotopic (exact) mass is 382 g/mol. The molecular formula is C15H14N2O8S. The van der Waals surface area contributed by atoms with E-state index in [1.54, 1.807) is 6.92 Å². The summed E-state index contributed by atoms with van der Waals surface area (Å²) in [6.45, 7) is 1.19. The number of methoxy groups -OCH3 is 1. The molecule has 0 aromatic heterocycles. The first-order valence-electron chi connectivity index (χ1n) is 7.24. The van der Waals surface area contributed by atoms with Crippen LogP contribution in [0.15, 0.2) is 17.0 Å². The normalized spacial score (nSPS) is 15.5. The Morgan fingerprint density at radius 3 is 2.69 bits per heavy atom. The molecule has 0 radical (unpaired) electrons. The Morgan fingerprint density at radius 1 is 1.42 bits per heavy atom. The molecule has 0 atom stereocenters. The van der Waals surface area contributed by atoms with Gasteiger partial charge in [0.25, 0.3) is 11.1 Å². The van der Waals surface area contributed by atoms with Crippen LogP contribution in [-0.2, 0) is 14.3 Å². The number of aromatic hydroxyl groups is 1. The number of nitro benzene ring substituents is 1. The van der Waals surface area contributed by atoms with Gasteiger partial charge >= 0.3 is 11.7 Å². The molecule has 0 aliphatic carbocycles. The minimum absolute atomic E-state index is 0.0265. The Kier molecular flexibility index (Phi) is 5.82. The predicted molar refractivity (Wildman–Crippen MR) is 90.6 cm³/mol. The number of phenolic OH excluding ortho intramolecular Hbond substituents is 1. The molecule has 2 rings (SSSR count). The number of carbonyl (C=O) groups is 3. The van der Waals surface area contributed by atoms with Crippen LogP contribution >= 0.6 is 11.8 Å². The van der Waals surface area contributed by atoms with Crippen molar-refractivity contribution < 1.29 is 33.9 Å². The molecule has 1 aromatic rings. The number of nitrogens with zero attached hydrogens (tertiary/aromatic N) is 2. The average Bonchev–Trinajstić information content (AvgIpc) is 2.83. The summed E-state index contributed by atoms with van der Waals surface area (Å²) in [6.07, 6.45) is 1.24. The number of thioether (sulfide) groups is 1. The molecule has 1 heterocycles. The number of carbonyl (C=O) groups excluding carboxylic acids is 3. The van der Waals surface area contributed by atoms with E-state index in [-0.39, 0.29) is 22.8 Å². The third-order valence-corrected chi connectivity index (χ3v) is 4.17. The second-order valence-electron chi connectivity index (χ2n) is 4.92. The van der Waals surface area contributed by atoms with Crippen LogP contribution < -0.4 is 4.74 Å². The van der Waals surface area contributed by atoms with Crippen molar-refractivity contribution in [2.45, 2.75) is 6.92 Å².